The third-order valence-electron chi connectivity index (χ3n) is 2.30. The largest absolute Gasteiger partial charge is 0.385 e. The quantitative estimate of drug-likeness (QED) is 0.830. The van der Waals surface area contributed by atoms with Crippen molar-refractivity contribution >= 4 is 41.7 Å². The minimum atomic E-state index is -3.48. The first-order valence-corrected chi connectivity index (χ1v) is 7.96. The van der Waals surface area contributed by atoms with Crippen LogP contribution in [0.1, 0.15) is 17.2 Å². The second-order valence-corrected chi connectivity index (χ2v) is 10.4. The molecule has 0 aliphatic heterocycles. The van der Waals surface area contributed by atoms with E-state index in [1.165, 1.54) is 0 Å². The van der Waals surface area contributed by atoms with Gasteiger partial charge in [0.1, 0.15) is 6.10 Å². The number of hydrogen-bond acceptors (Lipinski definition) is 3. The molecule has 1 N–H and O–H groups in total. The van der Waals surface area contributed by atoms with Gasteiger partial charge < -0.3 is 5.11 Å². The summed E-state index contributed by atoms with van der Waals surface area (Å²) in [6, 6.07) is 7.10. The summed E-state index contributed by atoms with van der Waals surface area (Å²) in [5.41, 5.74) is 1.41. The number of aliphatic hydroxyl groups is 1. The summed E-state index contributed by atoms with van der Waals surface area (Å²) in [5, 5.41) is 10.1. The molecule has 90 valence electrons. The van der Waals surface area contributed by atoms with Crippen molar-refractivity contribution in [2.24, 2.45) is 0 Å². The van der Waals surface area contributed by atoms with E-state index in [4.69, 9.17) is 0 Å². The Morgan fingerprint density at radius 2 is 1.81 bits per heavy atom. The molecule has 3 nitrogen and oxygen atoms in total. The van der Waals surface area contributed by atoms with Crippen molar-refractivity contribution in [3.8, 4) is 0 Å². The molecule has 0 bridgehead atoms. The highest BCUT2D eigenvalue weighted by molar-refractivity contribution is 9.27. The Hall–Kier alpha value is 0.0900. The normalized spacial score (nSPS) is 14.8. The van der Waals surface area contributed by atoms with Crippen molar-refractivity contribution in [2.75, 3.05) is 6.26 Å². The minimum Gasteiger partial charge on any atom is -0.385 e. The number of halogens is 2. The van der Waals surface area contributed by atoms with E-state index in [1.54, 1.807) is 12.1 Å². The number of aliphatic hydroxyl groups excluding tert-OH is 1. The number of hydrogen-bond donors (Lipinski definition) is 1. The van der Waals surface area contributed by atoms with Gasteiger partial charge in [0.05, 0.1) is 0 Å². The van der Waals surface area contributed by atoms with Crippen LogP contribution in [0.25, 0.3) is 0 Å². The lowest BCUT2D eigenvalue weighted by atomic mass is 10.1. The van der Waals surface area contributed by atoms with Gasteiger partial charge in [-0.15, -0.1) is 0 Å². The standard InChI is InChI=1S/C10H12Br2O3S/c1-7-5-3-4-6-8(7)9(13)10(11,12)16(2,14)15/h3-6,9,13H,1-2H3/t9-/m1/s1. The van der Waals surface area contributed by atoms with E-state index in [2.05, 4.69) is 31.9 Å². The Balaban J connectivity index is 3.23. The Labute approximate surface area is 112 Å². The van der Waals surface area contributed by atoms with Gasteiger partial charge in [-0.3, -0.25) is 0 Å². The van der Waals surface area contributed by atoms with Gasteiger partial charge in [0.25, 0.3) is 0 Å². The summed E-state index contributed by atoms with van der Waals surface area (Å²) in [4.78, 5) is 0. The molecule has 0 aliphatic carbocycles. The minimum absolute atomic E-state index is 0.571. The van der Waals surface area contributed by atoms with Gasteiger partial charge in [0.15, 0.2) is 9.84 Å². The summed E-state index contributed by atoms with van der Waals surface area (Å²) in [7, 11) is -3.48. The molecule has 1 aromatic carbocycles. The molecule has 0 saturated carbocycles. The van der Waals surface area contributed by atoms with E-state index in [9.17, 15) is 13.5 Å². The van der Waals surface area contributed by atoms with Crippen LogP contribution in [0.5, 0.6) is 0 Å². The van der Waals surface area contributed by atoms with Crippen LogP contribution in [0.2, 0.25) is 0 Å². The first-order chi connectivity index (χ1) is 7.18. The van der Waals surface area contributed by atoms with E-state index in [0.717, 1.165) is 11.8 Å². The number of alkyl halides is 2. The highest BCUT2D eigenvalue weighted by atomic mass is 79.9. The van der Waals surface area contributed by atoms with Crippen LogP contribution in [0.15, 0.2) is 24.3 Å². The number of aryl methyl sites for hydroxylation is 1. The van der Waals surface area contributed by atoms with Crippen molar-refractivity contribution in [1.29, 1.82) is 0 Å². The first kappa shape index (κ1) is 14.2. The Bertz CT molecular complexity index is 483. The monoisotopic (exact) mass is 370 g/mol. The van der Waals surface area contributed by atoms with Crippen LogP contribution in [-0.2, 0) is 9.84 Å². The van der Waals surface area contributed by atoms with Crippen LogP contribution >= 0.6 is 31.9 Å². The molecule has 0 unspecified atom stereocenters. The molecular formula is C10H12Br2O3S. The summed E-state index contributed by atoms with van der Waals surface area (Å²) >= 11 is 6.03. The maximum Gasteiger partial charge on any atom is 0.210 e. The molecule has 16 heavy (non-hydrogen) atoms. The molecule has 1 atom stereocenters. The third-order valence-corrected chi connectivity index (χ3v) is 7.90. The number of sulfone groups is 1. The zero-order valence-electron chi connectivity index (χ0n) is 8.81. The van der Waals surface area contributed by atoms with E-state index in [1.807, 2.05) is 19.1 Å². The molecule has 0 radical (unpaired) electrons. The fraction of sp³-hybridized carbons (Fsp3) is 0.400. The second-order valence-electron chi connectivity index (χ2n) is 3.59. The van der Waals surface area contributed by atoms with Crippen LogP contribution in [0.4, 0.5) is 0 Å². The predicted molar refractivity (Wildman–Crippen MR) is 71.6 cm³/mol. The molecule has 0 spiro atoms. The molecule has 0 aliphatic rings. The lowest BCUT2D eigenvalue weighted by molar-refractivity contribution is 0.188. The second kappa shape index (κ2) is 4.76. The van der Waals surface area contributed by atoms with Crippen LogP contribution in [0.3, 0.4) is 0 Å². The fourth-order valence-electron chi connectivity index (χ4n) is 1.28. The molecule has 0 heterocycles. The maximum absolute atomic E-state index is 11.5. The first-order valence-electron chi connectivity index (χ1n) is 4.49. The van der Waals surface area contributed by atoms with Crippen LogP contribution in [-0.4, -0.2) is 22.3 Å². The van der Waals surface area contributed by atoms with Crippen LogP contribution < -0.4 is 0 Å². The van der Waals surface area contributed by atoms with Gasteiger partial charge in [-0.25, -0.2) is 8.42 Å². The molecule has 6 heteroatoms. The highest BCUT2D eigenvalue weighted by Crippen LogP contribution is 2.44. The molecule has 1 aromatic rings. The molecule has 0 amide bonds. The zero-order chi connectivity index (χ0) is 12.6. The average Bonchev–Trinajstić information content (AvgIpc) is 2.15. The molecule has 0 fully saturated rings. The Morgan fingerprint density at radius 1 is 1.31 bits per heavy atom. The molecule has 0 saturated heterocycles. The number of benzene rings is 1. The smallest absolute Gasteiger partial charge is 0.210 e. The van der Waals surface area contributed by atoms with Gasteiger partial charge in [0.2, 0.25) is 2.57 Å². The molecular weight excluding hydrogens is 360 g/mol. The molecule has 0 aromatic heterocycles. The van der Waals surface area contributed by atoms with E-state index >= 15 is 0 Å². The Morgan fingerprint density at radius 3 is 2.25 bits per heavy atom. The third kappa shape index (κ3) is 2.67. The highest BCUT2D eigenvalue weighted by Gasteiger charge is 2.43. The lowest BCUT2D eigenvalue weighted by Gasteiger charge is -2.26. The predicted octanol–water partition coefficient (Wildman–Crippen LogP) is 2.52. The average molecular weight is 372 g/mol. The van der Waals surface area contributed by atoms with Gasteiger partial charge in [-0.2, -0.15) is 0 Å². The fourth-order valence-corrected chi connectivity index (χ4v) is 2.30. The topological polar surface area (TPSA) is 54.4 Å². The van der Waals surface area contributed by atoms with E-state index in [-0.39, 0.29) is 0 Å². The van der Waals surface area contributed by atoms with Gasteiger partial charge in [0, 0.05) is 6.26 Å². The summed E-state index contributed by atoms with van der Waals surface area (Å²) in [5.74, 6) is 0. The number of rotatable bonds is 3. The summed E-state index contributed by atoms with van der Waals surface area (Å²) in [6.45, 7) is 1.82. The molecule has 1 rings (SSSR count). The van der Waals surface area contributed by atoms with Crippen molar-refractivity contribution in [3.63, 3.8) is 0 Å². The van der Waals surface area contributed by atoms with Crippen molar-refractivity contribution in [3.05, 3.63) is 35.4 Å². The van der Waals surface area contributed by atoms with Gasteiger partial charge >= 0.3 is 0 Å². The van der Waals surface area contributed by atoms with Crippen molar-refractivity contribution in [2.45, 2.75) is 15.6 Å². The van der Waals surface area contributed by atoms with Crippen molar-refractivity contribution in [1.82, 2.24) is 0 Å². The Kier molecular flexibility index (Phi) is 4.21. The van der Waals surface area contributed by atoms with Crippen molar-refractivity contribution < 1.29 is 13.5 Å². The van der Waals surface area contributed by atoms with Gasteiger partial charge in [-0.1, -0.05) is 56.1 Å². The lowest BCUT2D eigenvalue weighted by Crippen LogP contribution is -2.31. The SMILES string of the molecule is Cc1ccccc1[C@@H](O)C(Br)(Br)S(C)(=O)=O. The summed E-state index contributed by atoms with van der Waals surface area (Å²) in [6.07, 6.45) is -0.124. The summed E-state index contributed by atoms with van der Waals surface area (Å²) < 4.78 is 21.5. The van der Waals surface area contributed by atoms with E-state index in [0.29, 0.717) is 5.56 Å². The van der Waals surface area contributed by atoms with Gasteiger partial charge in [-0.05, 0) is 18.1 Å². The van der Waals surface area contributed by atoms with E-state index < -0.39 is 18.5 Å². The maximum atomic E-state index is 11.5. The zero-order valence-corrected chi connectivity index (χ0v) is 12.8. The van der Waals surface area contributed by atoms with Crippen LogP contribution in [0, 0.1) is 6.92 Å².